The number of halogens is 1. The van der Waals surface area contributed by atoms with Gasteiger partial charge in [-0.3, -0.25) is 9.98 Å². The average molecular weight is 402 g/mol. The molecule has 0 unspecified atom stereocenters. The third-order valence-corrected chi connectivity index (χ3v) is 4.42. The molecule has 1 heterocycles. The lowest BCUT2D eigenvalue weighted by Crippen LogP contribution is -2.46. The number of nitrogens with one attached hydrogen (secondary N) is 2. The van der Waals surface area contributed by atoms with Crippen molar-refractivity contribution in [2.75, 3.05) is 20.1 Å². The first-order valence-corrected chi connectivity index (χ1v) is 7.62. The largest absolute Gasteiger partial charge is 0.356 e. The molecule has 1 fully saturated rings. The van der Waals surface area contributed by atoms with Crippen molar-refractivity contribution < 1.29 is 0 Å². The molecular weight excluding hydrogens is 375 g/mol. The molecule has 0 spiro atoms. The van der Waals surface area contributed by atoms with Gasteiger partial charge in [0.2, 0.25) is 0 Å². The van der Waals surface area contributed by atoms with Crippen molar-refractivity contribution >= 4 is 29.9 Å². The van der Waals surface area contributed by atoms with E-state index in [0.717, 1.165) is 31.2 Å². The monoisotopic (exact) mass is 402 g/mol. The Labute approximate surface area is 145 Å². The number of hydrogen-bond donors (Lipinski definition) is 2. The number of hydrogen-bond acceptors (Lipinski definition) is 2. The van der Waals surface area contributed by atoms with Crippen molar-refractivity contribution in [2.45, 2.75) is 39.0 Å². The summed E-state index contributed by atoms with van der Waals surface area (Å²) in [7, 11) is 1.83. The van der Waals surface area contributed by atoms with Gasteiger partial charge in [-0.1, -0.05) is 19.4 Å². The van der Waals surface area contributed by atoms with Gasteiger partial charge in [-0.15, -0.1) is 24.0 Å². The Morgan fingerprint density at radius 1 is 1.33 bits per heavy atom. The zero-order valence-corrected chi connectivity index (χ0v) is 15.4. The summed E-state index contributed by atoms with van der Waals surface area (Å²) in [6.45, 7) is 4.18. The van der Waals surface area contributed by atoms with Crippen LogP contribution in [-0.4, -0.2) is 31.1 Å². The van der Waals surface area contributed by atoms with Gasteiger partial charge in [0.15, 0.2) is 5.96 Å². The smallest absolute Gasteiger partial charge is 0.191 e. The molecule has 118 valence electrons. The summed E-state index contributed by atoms with van der Waals surface area (Å²) in [4.78, 5) is 8.61. The molecule has 0 atom stereocenters. The first kappa shape index (κ1) is 18.2. The molecule has 1 aliphatic carbocycles. The minimum atomic E-state index is 0. The third-order valence-electron chi connectivity index (χ3n) is 4.42. The summed E-state index contributed by atoms with van der Waals surface area (Å²) in [6, 6.07) is 6.02. The predicted molar refractivity (Wildman–Crippen MR) is 99.3 cm³/mol. The molecule has 0 radical (unpaired) electrons. The molecular formula is C16H27IN4. The fraction of sp³-hybridized carbons (Fsp3) is 0.625. The van der Waals surface area contributed by atoms with E-state index in [9.17, 15) is 0 Å². The highest BCUT2D eigenvalue weighted by Gasteiger charge is 2.34. The van der Waals surface area contributed by atoms with Gasteiger partial charge in [-0.05, 0) is 36.8 Å². The van der Waals surface area contributed by atoms with Gasteiger partial charge in [0.25, 0.3) is 0 Å². The standard InChI is InChI=1S/C16H26N4.HI/c1-3-16(9-6-10-16)13-20-15(17-2)19-12-8-14-7-4-5-11-18-14;/h4-5,7,11H,3,6,8-10,12-13H2,1-2H3,(H2,17,19,20);1H. The van der Waals surface area contributed by atoms with Gasteiger partial charge in [0, 0.05) is 38.4 Å². The first-order chi connectivity index (χ1) is 9.78. The highest BCUT2D eigenvalue weighted by atomic mass is 127. The summed E-state index contributed by atoms with van der Waals surface area (Å²) in [5.41, 5.74) is 1.62. The molecule has 0 aliphatic heterocycles. The summed E-state index contributed by atoms with van der Waals surface area (Å²) in [5, 5.41) is 6.83. The van der Waals surface area contributed by atoms with Crippen LogP contribution in [0.3, 0.4) is 0 Å². The lowest BCUT2D eigenvalue weighted by atomic mass is 9.67. The summed E-state index contributed by atoms with van der Waals surface area (Å²) in [5.74, 6) is 0.903. The van der Waals surface area contributed by atoms with E-state index in [4.69, 9.17) is 0 Å². The lowest BCUT2D eigenvalue weighted by Gasteiger charge is -2.41. The van der Waals surface area contributed by atoms with E-state index < -0.39 is 0 Å². The molecule has 0 amide bonds. The van der Waals surface area contributed by atoms with Crippen molar-refractivity contribution in [1.29, 1.82) is 0 Å². The molecule has 1 aliphatic rings. The topological polar surface area (TPSA) is 49.3 Å². The highest BCUT2D eigenvalue weighted by Crippen LogP contribution is 2.42. The maximum absolute atomic E-state index is 4.32. The molecule has 5 heteroatoms. The zero-order chi connectivity index (χ0) is 14.3. The van der Waals surface area contributed by atoms with E-state index in [1.54, 1.807) is 0 Å². The van der Waals surface area contributed by atoms with Gasteiger partial charge in [-0.25, -0.2) is 0 Å². The number of nitrogens with zero attached hydrogens (tertiary/aromatic N) is 2. The van der Waals surface area contributed by atoms with Crippen LogP contribution in [0, 0.1) is 5.41 Å². The van der Waals surface area contributed by atoms with E-state index in [1.807, 2.05) is 25.4 Å². The Hall–Kier alpha value is -0.850. The van der Waals surface area contributed by atoms with Crippen LogP contribution in [0.4, 0.5) is 0 Å². The number of pyridine rings is 1. The van der Waals surface area contributed by atoms with Crippen LogP contribution in [0.25, 0.3) is 0 Å². The second-order valence-electron chi connectivity index (χ2n) is 5.63. The van der Waals surface area contributed by atoms with Gasteiger partial charge in [0.1, 0.15) is 0 Å². The van der Waals surface area contributed by atoms with Crippen LogP contribution < -0.4 is 10.6 Å². The van der Waals surface area contributed by atoms with Crippen LogP contribution in [0.15, 0.2) is 29.4 Å². The van der Waals surface area contributed by atoms with E-state index in [2.05, 4.69) is 33.6 Å². The van der Waals surface area contributed by atoms with E-state index in [1.165, 1.54) is 25.7 Å². The second kappa shape index (κ2) is 9.23. The van der Waals surface area contributed by atoms with Crippen LogP contribution in [0.2, 0.25) is 0 Å². The minimum absolute atomic E-state index is 0. The molecule has 1 aromatic rings. The van der Waals surface area contributed by atoms with Gasteiger partial charge in [0.05, 0.1) is 0 Å². The van der Waals surface area contributed by atoms with Crippen molar-refractivity contribution in [2.24, 2.45) is 10.4 Å². The molecule has 1 aromatic heterocycles. The average Bonchev–Trinajstić information content (AvgIpc) is 2.45. The van der Waals surface area contributed by atoms with Crippen LogP contribution in [-0.2, 0) is 6.42 Å². The molecule has 1 saturated carbocycles. The second-order valence-corrected chi connectivity index (χ2v) is 5.63. The number of aliphatic imine (C=N–C) groups is 1. The molecule has 4 nitrogen and oxygen atoms in total. The Balaban J connectivity index is 0.00000220. The molecule has 0 bridgehead atoms. The maximum Gasteiger partial charge on any atom is 0.191 e. The first-order valence-electron chi connectivity index (χ1n) is 7.62. The predicted octanol–water partition coefficient (Wildman–Crippen LogP) is 2.99. The molecule has 21 heavy (non-hydrogen) atoms. The van der Waals surface area contributed by atoms with Crippen LogP contribution in [0.1, 0.15) is 38.3 Å². The molecule has 0 aromatic carbocycles. The normalized spacial score (nSPS) is 16.6. The number of guanidine groups is 1. The summed E-state index contributed by atoms with van der Waals surface area (Å²) < 4.78 is 0. The van der Waals surface area contributed by atoms with Crippen molar-refractivity contribution in [3.63, 3.8) is 0 Å². The highest BCUT2D eigenvalue weighted by molar-refractivity contribution is 14.0. The SMILES string of the molecule is CCC1(CNC(=NC)NCCc2ccccn2)CCC1.I. The van der Waals surface area contributed by atoms with Crippen LogP contribution >= 0.6 is 24.0 Å². The maximum atomic E-state index is 4.32. The van der Waals surface area contributed by atoms with Gasteiger partial charge in [-0.2, -0.15) is 0 Å². The zero-order valence-electron chi connectivity index (χ0n) is 13.1. The fourth-order valence-corrected chi connectivity index (χ4v) is 2.68. The van der Waals surface area contributed by atoms with Crippen molar-refractivity contribution in [3.8, 4) is 0 Å². The Bertz CT molecular complexity index is 424. The minimum Gasteiger partial charge on any atom is -0.356 e. The lowest BCUT2D eigenvalue weighted by molar-refractivity contribution is 0.131. The molecule has 0 saturated heterocycles. The van der Waals surface area contributed by atoms with Crippen LogP contribution in [0.5, 0.6) is 0 Å². The Morgan fingerprint density at radius 3 is 2.67 bits per heavy atom. The molecule has 2 rings (SSSR count). The van der Waals surface area contributed by atoms with Crippen molar-refractivity contribution in [1.82, 2.24) is 15.6 Å². The Morgan fingerprint density at radius 2 is 2.14 bits per heavy atom. The Kier molecular flexibility index (Phi) is 8.00. The van der Waals surface area contributed by atoms with E-state index >= 15 is 0 Å². The molecule has 2 N–H and O–H groups in total. The third kappa shape index (κ3) is 5.45. The van der Waals surface area contributed by atoms with E-state index in [-0.39, 0.29) is 24.0 Å². The van der Waals surface area contributed by atoms with Gasteiger partial charge < -0.3 is 10.6 Å². The fourth-order valence-electron chi connectivity index (χ4n) is 2.68. The summed E-state index contributed by atoms with van der Waals surface area (Å²) >= 11 is 0. The quantitative estimate of drug-likeness (QED) is 0.437. The van der Waals surface area contributed by atoms with Gasteiger partial charge >= 0.3 is 0 Å². The van der Waals surface area contributed by atoms with Crippen molar-refractivity contribution in [3.05, 3.63) is 30.1 Å². The van der Waals surface area contributed by atoms with E-state index in [0.29, 0.717) is 5.41 Å². The number of aromatic nitrogens is 1. The number of rotatable bonds is 6. The summed E-state index contributed by atoms with van der Waals surface area (Å²) in [6.07, 6.45) is 8.08.